The van der Waals surface area contributed by atoms with Crippen molar-refractivity contribution in [2.75, 3.05) is 0 Å². The summed E-state index contributed by atoms with van der Waals surface area (Å²) < 4.78 is 20.9. The van der Waals surface area contributed by atoms with Gasteiger partial charge in [-0.2, -0.15) is 8.75 Å². The highest BCUT2D eigenvalue weighted by Crippen LogP contribution is 2.22. The molecule has 0 fully saturated rings. The van der Waals surface area contributed by atoms with E-state index in [1.165, 1.54) is 12.3 Å². The van der Waals surface area contributed by atoms with Crippen molar-refractivity contribution in [3.05, 3.63) is 47.0 Å². The van der Waals surface area contributed by atoms with Crippen molar-refractivity contribution in [1.82, 2.24) is 8.75 Å². The Hall–Kier alpha value is -1.33. The molecule has 0 aliphatic carbocycles. The normalized spacial score (nSPS) is 12.7. The van der Waals surface area contributed by atoms with E-state index in [0.717, 1.165) is 11.7 Å². The maximum absolute atomic E-state index is 13.2. The number of hydrogen-bond donors (Lipinski definition) is 1. The first-order chi connectivity index (χ1) is 7.18. The van der Waals surface area contributed by atoms with Gasteiger partial charge in [0.1, 0.15) is 17.6 Å². The summed E-state index contributed by atoms with van der Waals surface area (Å²) in [6, 6.07) is 4.63. The van der Waals surface area contributed by atoms with Crippen LogP contribution >= 0.6 is 11.7 Å². The second-order valence-corrected chi connectivity index (χ2v) is 3.80. The molecule has 78 valence electrons. The summed E-state index contributed by atoms with van der Waals surface area (Å²) in [7, 11) is 0. The number of aromatic nitrogens is 2. The van der Waals surface area contributed by atoms with Crippen molar-refractivity contribution < 1.29 is 9.50 Å². The van der Waals surface area contributed by atoms with E-state index in [9.17, 15) is 9.50 Å². The minimum absolute atomic E-state index is 0.324. The van der Waals surface area contributed by atoms with Crippen molar-refractivity contribution in [2.45, 2.75) is 13.0 Å². The Labute approximate surface area is 90.5 Å². The predicted octanol–water partition coefficient (Wildman–Crippen LogP) is 2.07. The molecule has 0 saturated heterocycles. The van der Waals surface area contributed by atoms with Gasteiger partial charge in [0, 0.05) is 0 Å². The molecule has 0 bridgehead atoms. The third-order valence-electron chi connectivity index (χ3n) is 2.17. The number of aryl methyl sites for hydroxylation is 1. The van der Waals surface area contributed by atoms with Crippen molar-refractivity contribution in [1.29, 1.82) is 0 Å². The van der Waals surface area contributed by atoms with Crippen molar-refractivity contribution >= 4 is 11.7 Å². The minimum atomic E-state index is -0.904. The summed E-state index contributed by atoms with van der Waals surface area (Å²) >= 11 is 1.02. The Morgan fingerprint density at radius 3 is 2.87 bits per heavy atom. The van der Waals surface area contributed by atoms with Gasteiger partial charge in [0.05, 0.1) is 17.9 Å². The van der Waals surface area contributed by atoms with Crippen LogP contribution in [0, 0.1) is 12.7 Å². The Morgan fingerprint density at radius 2 is 2.27 bits per heavy atom. The summed E-state index contributed by atoms with van der Waals surface area (Å²) in [4.78, 5) is 0. The maximum atomic E-state index is 13.2. The van der Waals surface area contributed by atoms with Crippen LogP contribution in [0.15, 0.2) is 24.4 Å². The number of hydrogen-bond acceptors (Lipinski definition) is 4. The average Bonchev–Trinajstić information content (AvgIpc) is 2.74. The molecule has 0 aliphatic rings. The molecule has 0 spiro atoms. The molecule has 5 heteroatoms. The van der Waals surface area contributed by atoms with Gasteiger partial charge in [0.25, 0.3) is 0 Å². The van der Waals surface area contributed by atoms with Crippen molar-refractivity contribution in [3.63, 3.8) is 0 Å². The van der Waals surface area contributed by atoms with Gasteiger partial charge in [-0.25, -0.2) is 4.39 Å². The molecule has 2 aromatic rings. The van der Waals surface area contributed by atoms with Crippen LogP contribution in [0.3, 0.4) is 0 Å². The summed E-state index contributed by atoms with van der Waals surface area (Å²) in [5.74, 6) is -0.324. The molecule has 1 N–H and O–H groups in total. The zero-order valence-electron chi connectivity index (χ0n) is 8.01. The first-order valence-corrected chi connectivity index (χ1v) is 5.13. The van der Waals surface area contributed by atoms with Crippen molar-refractivity contribution in [3.8, 4) is 0 Å². The van der Waals surface area contributed by atoms with E-state index < -0.39 is 6.10 Å². The van der Waals surface area contributed by atoms with Crippen LogP contribution in [-0.4, -0.2) is 13.9 Å². The molecule has 1 atom stereocenters. The van der Waals surface area contributed by atoms with Crippen LogP contribution in [0.1, 0.15) is 22.9 Å². The third-order valence-corrected chi connectivity index (χ3v) is 2.66. The van der Waals surface area contributed by atoms with Crippen LogP contribution in [0.4, 0.5) is 4.39 Å². The highest BCUT2D eigenvalue weighted by Gasteiger charge is 2.14. The summed E-state index contributed by atoms with van der Waals surface area (Å²) in [5, 5.41) is 9.83. The fourth-order valence-corrected chi connectivity index (χ4v) is 1.69. The molecule has 2 rings (SSSR count). The molecule has 1 aromatic heterocycles. The van der Waals surface area contributed by atoms with Gasteiger partial charge >= 0.3 is 0 Å². The quantitative estimate of drug-likeness (QED) is 0.849. The smallest absolute Gasteiger partial charge is 0.126 e. The van der Waals surface area contributed by atoms with Crippen LogP contribution in [-0.2, 0) is 0 Å². The Morgan fingerprint density at radius 1 is 1.47 bits per heavy atom. The van der Waals surface area contributed by atoms with Gasteiger partial charge in [-0.3, -0.25) is 0 Å². The number of aliphatic hydroxyl groups excluding tert-OH is 1. The average molecular weight is 224 g/mol. The summed E-state index contributed by atoms with van der Waals surface area (Å²) in [6.07, 6.45) is 0.575. The maximum Gasteiger partial charge on any atom is 0.126 e. The van der Waals surface area contributed by atoms with E-state index in [-0.39, 0.29) is 5.82 Å². The van der Waals surface area contributed by atoms with E-state index in [1.807, 2.05) is 0 Å². The molecule has 0 radical (unpaired) electrons. The Kier molecular flexibility index (Phi) is 2.75. The molecule has 1 heterocycles. The molecular formula is C10H9FN2OS. The second kappa shape index (κ2) is 4.04. The number of nitrogens with zero attached hydrogens (tertiary/aromatic N) is 2. The molecule has 1 unspecified atom stereocenters. The van der Waals surface area contributed by atoms with E-state index in [4.69, 9.17) is 0 Å². The first-order valence-electron chi connectivity index (χ1n) is 4.40. The molecule has 0 saturated carbocycles. The lowest BCUT2D eigenvalue weighted by Gasteiger charge is -2.08. The Bertz CT molecular complexity index is 458. The molecule has 3 nitrogen and oxygen atoms in total. The molecular weight excluding hydrogens is 215 g/mol. The fraction of sp³-hybridized carbons (Fsp3) is 0.200. The molecule has 0 aliphatic heterocycles. The summed E-state index contributed by atoms with van der Waals surface area (Å²) in [5.41, 5.74) is 1.50. The minimum Gasteiger partial charge on any atom is -0.382 e. The number of rotatable bonds is 2. The van der Waals surface area contributed by atoms with Gasteiger partial charge in [-0.05, 0) is 24.1 Å². The number of halogens is 1. The van der Waals surface area contributed by atoms with E-state index >= 15 is 0 Å². The van der Waals surface area contributed by atoms with Gasteiger partial charge < -0.3 is 5.11 Å². The van der Waals surface area contributed by atoms with Gasteiger partial charge in [0.2, 0.25) is 0 Å². The van der Waals surface area contributed by atoms with E-state index in [2.05, 4.69) is 8.75 Å². The van der Waals surface area contributed by atoms with Crippen LogP contribution in [0.25, 0.3) is 0 Å². The van der Waals surface area contributed by atoms with Crippen LogP contribution in [0.2, 0.25) is 0 Å². The largest absolute Gasteiger partial charge is 0.382 e. The van der Waals surface area contributed by atoms with E-state index in [0.29, 0.717) is 16.8 Å². The lowest BCUT2D eigenvalue weighted by atomic mass is 10.1. The molecule has 1 aromatic carbocycles. The Balaban J connectivity index is 2.34. The monoisotopic (exact) mass is 224 g/mol. The highest BCUT2D eigenvalue weighted by molar-refractivity contribution is 6.99. The van der Waals surface area contributed by atoms with E-state index in [1.54, 1.807) is 19.1 Å². The zero-order chi connectivity index (χ0) is 10.8. The van der Waals surface area contributed by atoms with Crippen molar-refractivity contribution in [2.24, 2.45) is 0 Å². The standard InChI is InChI=1S/C10H9FN2OS/c1-6-2-3-7(4-8(6)11)10(14)9-5-12-15-13-9/h2-5,10,14H,1H3. The predicted molar refractivity (Wildman–Crippen MR) is 55.1 cm³/mol. The lowest BCUT2D eigenvalue weighted by molar-refractivity contribution is 0.216. The fourth-order valence-electron chi connectivity index (χ4n) is 1.24. The number of benzene rings is 1. The van der Waals surface area contributed by atoms with Gasteiger partial charge in [-0.1, -0.05) is 12.1 Å². The number of aliphatic hydroxyl groups is 1. The molecule has 15 heavy (non-hydrogen) atoms. The third kappa shape index (κ3) is 2.03. The topological polar surface area (TPSA) is 46.0 Å². The molecule has 0 amide bonds. The first kappa shape index (κ1) is 10.2. The second-order valence-electron chi connectivity index (χ2n) is 3.24. The van der Waals surface area contributed by atoms with Gasteiger partial charge in [0.15, 0.2) is 0 Å². The van der Waals surface area contributed by atoms with Crippen LogP contribution in [0.5, 0.6) is 0 Å². The SMILES string of the molecule is Cc1ccc(C(O)c2cnsn2)cc1F. The zero-order valence-corrected chi connectivity index (χ0v) is 8.83. The highest BCUT2D eigenvalue weighted by atomic mass is 32.1. The summed E-state index contributed by atoms with van der Waals surface area (Å²) in [6.45, 7) is 1.68. The lowest BCUT2D eigenvalue weighted by Crippen LogP contribution is -2.00. The van der Waals surface area contributed by atoms with Crippen LogP contribution < -0.4 is 0 Å². The van der Waals surface area contributed by atoms with Gasteiger partial charge in [-0.15, -0.1) is 0 Å².